The molecule has 1 aromatic carbocycles. The van der Waals surface area contributed by atoms with E-state index >= 15 is 0 Å². The van der Waals surface area contributed by atoms with Crippen molar-refractivity contribution in [1.82, 2.24) is 0 Å². The molecule has 16 heavy (non-hydrogen) atoms. The van der Waals surface area contributed by atoms with Crippen LogP contribution in [0, 0.1) is 20.8 Å². The molecule has 0 atom stereocenters. The first kappa shape index (κ1) is 12.4. The van der Waals surface area contributed by atoms with Gasteiger partial charge in [0.25, 0.3) is 0 Å². The quantitative estimate of drug-likeness (QED) is 0.746. The SMILES string of the molecule is C=C(C)c1c(C)c(N)c(C)c(C(=C)N)c1C. The van der Waals surface area contributed by atoms with Gasteiger partial charge in [0, 0.05) is 16.9 Å². The summed E-state index contributed by atoms with van der Waals surface area (Å²) >= 11 is 0. The molecule has 1 rings (SSSR count). The van der Waals surface area contributed by atoms with Gasteiger partial charge in [0.15, 0.2) is 0 Å². The standard InChI is InChI=1S/C14H20N2/c1-7(2)12-8(3)13(11(6)15)10(5)14(16)9(12)4/h1,6,15-16H2,2-5H3. The van der Waals surface area contributed by atoms with E-state index in [4.69, 9.17) is 11.5 Å². The molecule has 0 saturated heterocycles. The summed E-state index contributed by atoms with van der Waals surface area (Å²) in [7, 11) is 0. The molecule has 0 heterocycles. The van der Waals surface area contributed by atoms with Gasteiger partial charge in [-0.15, -0.1) is 0 Å². The highest BCUT2D eigenvalue weighted by Gasteiger charge is 2.16. The zero-order chi connectivity index (χ0) is 12.6. The highest BCUT2D eigenvalue weighted by atomic mass is 14.6. The summed E-state index contributed by atoms with van der Waals surface area (Å²) in [6, 6.07) is 0. The molecular formula is C14H20N2. The molecule has 86 valence electrons. The normalized spacial score (nSPS) is 10.2. The van der Waals surface area contributed by atoms with Crippen molar-refractivity contribution < 1.29 is 0 Å². The number of hydrogen-bond acceptors (Lipinski definition) is 2. The van der Waals surface area contributed by atoms with Gasteiger partial charge in [-0.25, -0.2) is 0 Å². The third-order valence-corrected chi connectivity index (χ3v) is 3.06. The Morgan fingerprint density at radius 2 is 1.38 bits per heavy atom. The molecule has 2 nitrogen and oxygen atoms in total. The van der Waals surface area contributed by atoms with E-state index in [0.29, 0.717) is 5.70 Å². The lowest BCUT2D eigenvalue weighted by Gasteiger charge is -2.20. The van der Waals surface area contributed by atoms with Gasteiger partial charge in [0.1, 0.15) is 0 Å². The van der Waals surface area contributed by atoms with E-state index < -0.39 is 0 Å². The van der Waals surface area contributed by atoms with Crippen molar-refractivity contribution in [3.8, 4) is 0 Å². The Labute approximate surface area is 97.7 Å². The van der Waals surface area contributed by atoms with E-state index in [9.17, 15) is 0 Å². The number of nitrogens with two attached hydrogens (primary N) is 2. The minimum absolute atomic E-state index is 0.559. The van der Waals surface area contributed by atoms with E-state index in [1.54, 1.807) is 0 Å². The molecule has 0 spiro atoms. The fourth-order valence-electron chi connectivity index (χ4n) is 2.36. The first-order valence-electron chi connectivity index (χ1n) is 5.28. The fourth-order valence-corrected chi connectivity index (χ4v) is 2.36. The van der Waals surface area contributed by atoms with Gasteiger partial charge in [-0.05, 0) is 49.9 Å². The summed E-state index contributed by atoms with van der Waals surface area (Å²) < 4.78 is 0. The zero-order valence-electron chi connectivity index (χ0n) is 10.6. The predicted molar refractivity (Wildman–Crippen MR) is 73.0 cm³/mol. The Bertz CT molecular complexity index is 441. The number of benzene rings is 1. The average Bonchev–Trinajstić information content (AvgIpc) is 2.13. The second kappa shape index (κ2) is 4.05. The van der Waals surface area contributed by atoms with Crippen LogP contribution in [0.1, 0.15) is 34.7 Å². The highest BCUT2D eigenvalue weighted by Crippen LogP contribution is 2.34. The first-order valence-corrected chi connectivity index (χ1v) is 5.28. The molecule has 4 N–H and O–H groups in total. The summed E-state index contributed by atoms with van der Waals surface area (Å²) in [5, 5.41) is 0. The van der Waals surface area contributed by atoms with Gasteiger partial charge in [0.2, 0.25) is 0 Å². The van der Waals surface area contributed by atoms with Gasteiger partial charge in [-0.1, -0.05) is 18.7 Å². The first-order chi connectivity index (χ1) is 7.29. The Morgan fingerprint density at radius 1 is 0.938 bits per heavy atom. The van der Waals surface area contributed by atoms with Crippen LogP contribution < -0.4 is 11.5 Å². The highest BCUT2D eigenvalue weighted by molar-refractivity contribution is 5.82. The largest absolute Gasteiger partial charge is 0.399 e. The van der Waals surface area contributed by atoms with Crippen molar-refractivity contribution in [2.45, 2.75) is 27.7 Å². The van der Waals surface area contributed by atoms with Crippen LogP contribution in [0.5, 0.6) is 0 Å². The molecule has 0 aromatic heterocycles. The molecule has 0 unspecified atom stereocenters. The van der Waals surface area contributed by atoms with Gasteiger partial charge < -0.3 is 11.5 Å². The fraction of sp³-hybridized carbons (Fsp3) is 0.286. The minimum Gasteiger partial charge on any atom is -0.399 e. The molecule has 0 aliphatic heterocycles. The van der Waals surface area contributed by atoms with Crippen LogP contribution in [0.15, 0.2) is 13.2 Å². The van der Waals surface area contributed by atoms with Gasteiger partial charge in [-0.2, -0.15) is 0 Å². The van der Waals surface area contributed by atoms with Crippen LogP contribution in [0.3, 0.4) is 0 Å². The molecule has 0 aliphatic carbocycles. The lowest BCUT2D eigenvalue weighted by molar-refractivity contribution is 1.25. The number of allylic oxidation sites excluding steroid dienone is 1. The van der Waals surface area contributed by atoms with Gasteiger partial charge in [-0.3, -0.25) is 0 Å². The summed E-state index contributed by atoms with van der Waals surface area (Å²) in [6.07, 6.45) is 0. The van der Waals surface area contributed by atoms with Crippen molar-refractivity contribution in [3.05, 3.63) is 41.0 Å². The summed E-state index contributed by atoms with van der Waals surface area (Å²) in [4.78, 5) is 0. The Kier molecular flexibility index (Phi) is 3.13. The number of anilines is 1. The van der Waals surface area contributed by atoms with E-state index in [-0.39, 0.29) is 0 Å². The van der Waals surface area contributed by atoms with E-state index in [1.165, 1.54) is 0 Å². The third-order valence-electron chi connectivity index (χ3n) is 3.06. The minimum atomic E-state index is 0.559. The molecule has 0 fully saturated rings. The molecule has 0 radical (unpaired) electrons. The van der Waals surface area contributed by atoms with Crippen LogP contribution in [-0.4, -0.2) is 0 Å². The monoisotopic (exact) mass is 216 g/mol. The second-order valence-electron chi connectivity index (χ2n) is 4.34. The molecule has 0 aliphatic rings. The topological polar surface area (TPSA) is 52.0 Å². The summed E-state index contributed by atoms with van der Waals surface area (Å²) in [5.74, 6) is 0. The number of rotatable bonds is 2. The van der Waals surface area contributed by atoms with Crippen LogP contribution in [0.2, 0.25) is 0 Å². The molecule has 0 amide bonds. The Hall–Kier alpha value is -1.70. The van der Waals surface area contributed by atoms with Gasteiger partial charge in [0.05, 0.1) is 0 Å². The zero-order valence-corrected chi connectivity index (χ0v) is 10.6. The molecule has 1 aromatic rings. The van der Waals surface area contributed by atoms with Gasteiger partial charge >= 0.3 is 0 Å². The summed E-state index contributed by atoms with van der Waals surface area (Å²) in [6.45, 7) is 15.8. The smallest absolute Gasteiger partial charge is 0.0386 e. The van der Waals surface area contributed by atoms with Crippen molar-refractivity contribution in [2.75, 3.05) is 5.73 Å². The number of nitrogen functional groups attached to an aromatic ring is 1. The average molecular weight is 216 g/mol. The molecule has 2 heteroatoms. The Morgan fingerprint density at radius 3 is 1.75 bits per heavy atom. The van der Waals surface area contributed by atoms with Crippen molar-refractivity contribution in [1.29, 1.82) is 0 Å². The predicted octanol–water partition coefficient (Wildman–Crippen LogP) is 3.16. The lowest BCUT2D eigenvalue weighted by atomic mass is 9.87. The van der Waals surface area contributed by atoms with E-state index in [0.717, 1.165) is 39.1 Å². The molecule has 0 saturated carbocycles. The van der Waals surface area contributed by atoms with Crippen molar-refractivity contribution >= 4 is 17.0 Å². The van der Waals surface area contributed by atoms with E-state index in [1.807, 2.05) is 27.7 Å². The van der Waals surface area contributed by atoms with Crippen LogP contribution in [0.4, 0.5) is 5.69 Å². The number of hydrogen-bond donors (Lipinski definition) is 2. The third kappa shape index (κ3) is 1.71. The second-order valence-corrected chi connectivity index (χ2v) is 4.34. The maximum Gasteiger partial charge on any atom is 0.0386 e. The van der Waals surface area contributed by atoms with E-state index in [2.05, 4.69) is 13.2 Å². The van der Waals surface area contributed by atoms with Crippen LogP contribution in [-0.2, 0) is 0 Å². The van der Waals surface area contributed by atoms with Crippen LogP contribution in [0.25, 0.3) is 11.3 Å². The van der Waals surface area contributed by atoms with Crippen molar-refractivity contribution in [3.63, 3.8) is 0 Å². The van der Waals surface area contributed by atoms with Crippen molar-refractivity contribution in [2.24, 2.45) is 5.73 Å². The van der Waals surface area contributed by atoms with Crippen LogP contribution >= 0.6 is 0 Å². The lowest BCUT2D eigenvalue weighted by Crippen LogP contribution is -2.08. The Balaban J connectivity index is 3.80. The molecule has 0 bridgehead atoms. The maximum absolute atomic E-state index is 6.09. The maximum atomic E-state index is 6.09. The molecular weight excluding hydrogens is 196 g/mol. The summed E-state index contributed by atoms with van der Waals surface area (Å²) in [5.41, 5.74) is 19.5.